The van der Waals surface area contributed by atoms with E-state index in [9.17, 15) is 4.79 Å². The molecule has 6 heteroatoms. The van der Waals surface area contributed by atoms with E-state index in [2.05, 4.69) is 41.2 Å². The van der Waals surface area contributed by atoms with Crippen LogP contribution in [0.5, 0.6) is 0 Å². The zero-order valence-electron chi connectivity index (χ0n) is 16.0. The minimum Gasteiger partial charge on any atom is -0.446 e. The van der Waals surface area contributed by atoms with Crippen LogP contribution in [0.3, 0.4) is 0 Å². The number of hydrogen-bond acceptors (Lipinski definition) is 4. The van der Waals surface area contributed by atoms with Crippen molar-refractivity contribution in [3.05, 3.63) is 83.8 Å². The highest BCUT2D eigenvalue weighted by Crippen LogP contribution is 2.15. The number of imidazole rings is 1. The number of para-hydroxylation sites is 2. The first-order chi connectivity index (χ1) is 13.6. The van der Waals surface area contributed by atoms with Gasteiger partial charge in [0.25, 0.3) is 5.91 Å². The number of amides is 1. The predicted molar refractivity (Wildman–Crippen MR) is 107 cm³/mol. The number of aromatic nitrogens is 3. The Morgan fingerprint density at radius 1 is 1.11 bits per heavy atom. The van der Waals surface area contributed by atoms with Gasteiger partial charge in [-0.1, -0.05) is 43.3 Å². The molecule has 142 valence electrons. The largest absolute Gasteiger partial charge is 0.446 e. The first-order valence-corrected chi connectivity index (χ1v) is 9.31. The number of oxazole rings is 1. The molecule has 0 saturated carbocycles. The van der Waals surface area contributed by atoms with Gasteiger partial charge in [-0.2, -0.15) is 0 Å². The van der Waals surface area contributed by atoms with Crippen molar-refractivity contribution in [1.29, 1.82) is 0 Å². The quantitative estimate of drug-likeness (QED) is 0.513. The van der Waals surface area contributed by atoms with Crippen LogP contribution in [-0.2, 0) is 19.5 Å². The van der Waals surface area contributed by atoms with Gasteiger partial charge in [0.05, 0.1) is 17.4 Å². The number of nitrogens with zero attached hydrogens (tertiary/aromatic N) is 4. The Morgan fingerprint density at radius 3 is 2.64 bits per heavy atom. The van der Waals surface area contributed by atoms with Crippen molar-refractivity contribution in [2.75, 3.05) is 7.05 Å². The van der Waals surface area contributed by atoms with Gasteiger partial charge in [0.2, 0.25) is 5.89 Å². The monoisotopic (exact) mass is 374 g/mol. The van der Waals surface area contributed by atoms with Crippen LogP contribution in [0.25, 0.3) is 11.0 Å². The standard InChI is InChI=1S/C22H22N4O2/c1-3-16-8-10-17(11-9-16)12-25(2)22(27)19-14-28-21(24-19)13-26-15-23-18-6-4-5-7-20(18)26/h4-11,14-15H,3,12-13H2,1-2H3. The molecule has 0 aliphatic heterocycles. The summed E-state index contributed by atoms with van der Waals surface area (Å²) in [4.78, 5) is 23.1. The smallest absolute Gasteiger partial charge is 0.275 e. The average molecular weight is 374 g/mol. The van der Waals surface area contributed by atoms with Crippen LogP contribution in [0.1, 0.15) is 34.4 Å². The van der Waals surface area contributed by atoms with E-state index in [1.165, 1.54) is 11.8 Å². The van der Waals surface area contributed by atoms with Crippen LogP contribution in [0, 0.1) is 0 Å². The molecule has 1 amide bonds. The van der Waals surface area contributed by atoms with Gasteiger partial charge >= 0.3 is 0 Å². The first kappa shape index (κ1) is 18.0. The van der Waals surface area contributed by atoms with E-state index in [4.69, 9.17) is 4.42 Å². The fraction of sp³-hybridized carbons (Fsp3) is 0.227. The van der Waals surface area contributed by atoms with Gasteiger partial charge in [-0.05, 0) is 29.7 Å². The lowest BCUT2D eigenvalue weighted by atomic mass is 10.1. The van der Waals surface area contributed by atoms with Crippen molar-refractivity contribution in [2.45, 2.75) is 26.4 Å². The Balaban J connectivity index is 1.44. The summed E-state index contributed by atoms with van der Waals surface area (Å²) < 4.78 is 7.48. The van der Waals surface area contributed by atoms with Gasteiger partial charge in [-0.3, -0.25) is 4.79 Å². The molecule has 6 nitrogen and oxygen atoms in total. The molecular formula is C22H22N4O2. The minimum absolute atomic E-state index is 0.162. The summed E-state index contributed by atoms with van der Waals surface area (Å²) in [7, 11) is 1.77. The molecule has 0 unspecified atom stereocenters. The molecule has 28 heavy (non-hydrogen) atoms. The Hall–Kier alpha value is -3.41. The molecule has 0 N–H and O–H groups in total. The van der Waals surface area contributed by atoms with Crippen LogP contribution >= 0.6 is 0 Å². The Kier molecular flexibility index (Phi) is 4.93. The van der Waals surface area contributed by atoms with Gasteiger partial charge in [-0.25, -0.2) is 9.97 Å². The van der Waals surface area contributed by atoms with Crippen molar-refractivity contribution < 1.29 is 9.21 Å². The van der Waals surface area contributed by atoms with Gasteiger partial charge in [0.1, 0.15) is 12.8 Å². The van der Waals surface area contributed by atoms with E-state index in [1.54, 1.807) is 18.3 Å². The molecular weight excluding hydrogens is 352 g/mol. The third-order valence-corrected chi connectivity index (χ3v) is 4.80. The minimum atomic E-state index is -0.162. The number of fused-ring (bicyclic) bond motifs is 1. The number of carbonyl (C=O) groups is 1. The second kappa shape index (κ2) is 7.68. The second-order valence-electron chi connectivity index (χ2n) is 6.82. The Labute approximate surface area is 163 Å². The Bertz CT molecular complexity index is 1100. The molecule has 0 atom stereocenters. The number of hydrogen-bond donors (Lipinski definition) is 0. The van der Waals surface area contributed by atoms with E-state index in [1.807, 2.05) is 28.8 Å². The van der Waals surface area contributed by atoms with Crippen molar-refractivity contribution in [3.63, 3.8) is 0 Å². The summed E-state index contributed by atoms with van der Waals surface area (Å²) in [5, 5.41) is 0. The molecule has 4 rings (SSSR count). The zero-order chi connectivity index (χ0) is 19.5. The van der Waals surface area contributed by atoms with Crippen molar-refractivity contribution in [1.82, 2.24) is 19.4 Å². The molecule has 0 saturated heterocycles. The summed E-state index contributed by atoms with van der Waals surface area (Å²) in [6.07, 6.45) is 4.18. The third kappa shape index (κ3) is 3.67. The highest BCUT2D eigenvalue weighted by Gasteiger charge is 2.17. The molecule has 0 radical (unpaired) electrons. The lowest BCUT2D eigenvalue weighted by molar-refractivity contribution is 0.0779. The topological polar surface area (TPSA) is 64.2 Å². The number of rotatable bonds is 6. The molecule has 0 aliphatic carbocycles. The van der Waals surface area contributed by atoms with E-state index < -0.39 is 0 Å². The van der Waals surface area contributed by atoms with Gasteiger partial charge in [0.15, 0.2) is 5.69 Å². The molecule has 0 fully saturated rings. The maximum Gasteiger partial charge on any atom is 0.275 e. The summed E-state index contributed by atoms with van der Waals surface area (Å²) in [5.41, 5.74) is 4.60. The van der Waals surface area contributed by atoms with E-state index in [0.717, 1.165) is 23.0 Å². The normalized spacial score (nSPS) is 11.1. The van der Waals surface area contributed by atoms with Crippen LogP contribution in [0.4, 0.5) is 0 Å². The molecule has 0 bridgehead atoms. The van der Waals surface area contributed by atoms with Crippen molar-refractivity contribution >= 4 is 16.9 Å². The average Bonchev–Trinajstić information content (AvgIpc) is 3.36. The maximum absolute atomic E-state index is 12.7. The van der Waals surface area contributed by atoms with E-state index in [-0.39, 0.29) is 5.91 Å². The fourth-order valence-electron chi connectivity index (χ4n) is 3.19. The molecule has 0 aliphatic rings. The Morgan fingerprint density at radius 2 is 1.86 bits per heavy atom. The van der Waals surface area contributed by atoms with Gasteiger partial charge in [0, 0.05) is 13.6 Å². The number of aryl methyl sites for hydroxylation is 1. The second-order valence-corrected chi connectivity index (χ2v) is 6.82. The summed E-state index contributed by atoms with van der Waals surface area (Å²) >= 11 is 0. The summed E-state index contributed by atoms with van der Waals surface area (Å²) in [6.45, 7) is 3.08. The highest BCUT2D eigenvalue weighted by molar-refractivity contribution is 5.91. The van der Waals surface area contributed by atoms with Crippen LogP contribution in [-0.4, -0.2) is 32.4 Å². The SMILES string of the molecule is CCc1ccc(CN(C)C(=O)c2coc(Cn3cnc4ccccc43)n2)cc1. The molecule has 2 aromatic carbocycles. The van der Waals surface area contributed by atoms with Crippen LogP contribution in [0.15, 0.2) is 65.5 Å². The van der Waals surface area contributed by atoms with Crippen molar-refractivity contribution in [3.8, 4) is 0 Å². The molecule has 4 aromatic rings. The van der Waals surface area contributed by atoms with Gasteiger partial charge in [-0.15, -0.1) is 0 Å². The van der Waals surface area contributed by atoms with Crippen LogP contribution < -0.4 is 0 Å². The van der Waals surface area contributed by atoms with Crippen LogP contribution in [0.2, 0.25) is 0 Å². The predicted octanol–water partition coefficient (Wildman–Crippen LogP) is 3.91. The molecule has 0 spiro atoms. The summed E-state index contributed by atoms with van der Waals surface area (Å²) in [6, 6.07) is 16.2. The van der Waals surface area contributed by atoms with E-state index >= 15 is 0 Å². The van der Waals surface area contributed by atoms with Gasteiger partial charge < -0.3 is 13.9 Å². The lowest BCUT2D eigenvalue weighted by Crippen LogP contribution is -2.26. The highest BCUT2D eigenvalue weighted by atomic mass is 16.3. The zero-order valence-corrected chi connectivity index (χ0v) is 16.0. The third-order valence-electron chi connectivity index (χ3n) is 4.80. The first-order valence-electron chi connectivity index (χ1n) is 9.31. The number of carbonyl (C=O) groups excluding carboxylic acids is 1. The van der Waals surface area contributed by atoms with E-state index in [0.29, 0.717) is 24.7 Å². The molecule has 2 aromatic heterocycles. The fourth-order valence-corrected chi connectivity index (χ4v) is 3.19. The lowest BCUT2D eigenvalue weighted by Gasteiger charge is -2.15. The van der Waals surface area contributed by atoms with Crippen molar-refractivity contribution in [2.24, 2.45) is 0 Å². The maximum atomic E-state index is 12.7. The molecule has 2 heterocycles. The summed E-state index contributed by atoms with van der Waals surface area (Å²) in [5.74, 6) is 0.317. The number of benzene rings is 2.